The van der Waals surface area contributed by atoms with Crippen molar-refractivity contribution < 1.29 is 10.2 Å². The van der Waals surface area contributed by atoms with E-state index in [1.54, 1.807) is 0 Å². The summed E-state index contributed by atoms with van der Waals surface area (Å²) < 4.78 is 0.990. The maximum Gasteiger partial charge on any atom is 0.0550 e. The van der Waals surface area contributed by atoms with E-state index in [0.717, 1.165) is 22.9 Å². The highest BCUT2D eigenvalue weighted by atomic mass is 79.9. The fourth-order valence-corrected chi connectivity index (χ4v) is 3.00. The molecule has 0 aliphatic rings. The maximum absolute atomic E-state index is 9.79. The normalized spacial score (nSPS) is 11.8. The van der Waals surface area contributed by atoms with Crippen molar-refractivity contribution in [3.05, 3.63) is 34.3 Å². The topological polar surface area (TPSA) is 40.5 Å². The van der Waals surface area contributed by atoms with Gasteiger partial charge in [-0.15, -0.1) is 0 Å². The molecule has 0 saturated carbocycles. The van der Waals surface area contributed by atoms with Crippen molar-refractivity contribution in [1.29, 1.82) is 0 Å². The summed E-state index contributed by atoms with van der Waals surface area (Å²) in [6.07, 6.45) is 8.17. The van der Waals surface area contributed by atoms with E-state index in [1.165, 1.54) is 32.1 Å². The van der Waals surface area contributed by atoms with E-state index >= 15 is 0 Å². The van der Waals surface area contributed by atoms with Crippen LogP contribution in [0.3, 0.4) is 0 Å². The molecule has 0 unspecified atom stereocenters. The predicted molar refractivity (Wildman–Crippen MR) is 88.0 cm³/mol. The third-order valence-electron chi connectivity index (χ3n) is 4.05. The van der Waals surface area contributed by atoms with Gasteiger partial charge in [0, 0.05) is 9.89 Å². The van der Waals surface area contributed by atoms with Gasteiger partial charge in [-0.3, -0.25) is 0 Å². The summed E-state index contributed by atoms with van der Waals surface area (Å²) in [5, 5.41) is 19.6. The molecule has 2 nitrogen and oxygen atoms in total. The molecule has 3 heteroatoms. The smallest absolute Gasteiger partial charge is 0.0550 e. The lowest BCUT2D eigenvalue weighted by atomic mass is 9.77. The Labute approximate surface area is 131 Å². The van der Waals surface area contributed by atoms with Gasteiger partial charge in [-0.25, -0.2) is 0 Å². The van der Waals surface area contributed by atoms with Crippen LogP contribution in [0.1, 0.15) is 57.4 Å². The fourth-order valence-electron chi connectivity index (χ4n) is 2.60. The first-order valence-electron chi connectivity index (χ1n) is 7.66. The standard InChI is InChI=1S/C17H27BrO2/c1-2-3-4-5-6-7-11-17(13-19,14-20)15-9-8-10-16(18)12-15/h8-10,12,19-20H,2-7,11,13-14H2,1H3. The first-order chi connectivity index (χ1) is 9.68. The first-order valence-corrected chi connectivity index (χ1v) is 8.45. The zero-order valence-corrected chi connectivity index (χ0v) is 14.0. The molecule has 0 aromatic heterocycles. The third-order valence-corrected chi connectivity index (χ3v) is 4.54. The van der Waals surface area contributed by atoms with E-state index < -0.39 is 5.41 Å². The van der Waals surface area contributed by atoms with Crippen molar-refractivity contribution in [2.75, 3.05) is 13.2 Å². The average Bonchev–Trinajstić information content (AvgIpc) is 2.47. The zero-order valence-electron chi connectivity index (χ0n) is 12.4. The quantitative estimate of drug-likeness (QED) is 0.617. The molecule has 2 N–H and O–H groups in total. The summed E-state index contributed by atoms with van der Waals surface area (Å²) in [5.74, 6) is 0. The SMILES string of the molecule is CCCCCCCCC(CO)(CO)c1cccc(Br)c1. The van der Waals surface area contributed by atoms with Gasteiger partial charge < -0.3 is 10.2 Å². The van der Waals surface area contributed by atoms with E-state index in [1.807, 2.05) is 24.3 Å². The Morgan fingerprint density at radius 2 is 1.65 bits per heavy atom. The molecule has 20 heavy (non-hydrogen) atoms. The number of aliphatic hydroxyl groups excluding tert-OH is 2. The Bertz CT molecular complexity index is 375. The molecule has 0 aliphatic carbocycles. The van der Waals surface area contributed by atoms with Crippen LogP contribution < -0.4 is 0 Å². The van der Waals surface area contributed by atoms with Gasteiger partial charge in [-0.2, -0.15) is 0 Å². The predicted octanol–water partition coefficient (Wildman–Crippen LogP) is 4.42. The molecule has 0 amide bonds. The number of halogens is 1. The number of rotatable bonds is 10. The van der Waals surface area contributed by atoms with Crippen LogP contribution in [-0.4, -0.2) is 23.4 Å². The molecule has 0 bridgehead atoms. The molecule has 1 aromatic rings. The molecular formula is C17H27BrO2. The lowest BCUT2D eigenvalue weighted by Gasteiger charge is -2.30. The minimum atomic E-state index is -0.505. The second-order valence-corrected chi connectivity index (χ2v) is 6.54. The van der Waals surface area contributed by atoms with Gasteiger partial charge in [-0.1, -0.05) is 73.5 Å². The molecule has 0 spiro atoms. The lowest BCUT2D eigenvalue weighted by Crippen LogP contribution is -2.34. The van der Waals surface area contributed by atoms with Crippen LogP contribution >= 0.6 is 15.9 Å². The fraction of sp³-hybridized carbons (Fsp3) is 0.647. The Morgan fingerprint density at radius 3 is 2.25 bits per heavy atom. The Morgan fingerprint density at radius 1 is 1.00 bits per heavy atom. The van der Waals surface area contributed by atoms with Gasteiger partial charge in [0.25, 0.3) is 0 Å². The molecule has 114 valence electrons. The van der Waals surface area contributed by atoms with E-state index in [0.29, 0.717) is 0 Å². The van der Waals surface area contributed by atoms with E-state index in [4.69, 9.17) is 0 Å². The Hall–Kier alpha value is -0.380. The van der Waals surface area contributed by atoms with Crippen LogP contribution in [0.5, 0.6) is 0 Å². The van der Waals surface area contributed by atoms with Crippen LogP contribution in [0.2, 0.25) is 0 Å². The number of hydrogen-bond donors (Lipinski definition) is 2. The summed E-state index contributed by atoms with van der Waals surface area (Å²) in [5.41, 5.74) is 0.513. The minimum absolute atomic E-state index is 0.00505. The highest BCUT2D eigenvalue weighted by Gasteiger charge is 2.30. The van der Waals surface area contributed by atoms with Crippen molar-refractivity contribution in [3.63, 3.8) is 0 Å². The largest absolute Gasteiger partial charge is 0.395 e. The van der Waals surface area contributed by atoms with Gasteiger partial charge in [-0.05, 0) is 24.1 Å². The van der Waals surface area contributed by atoms with Crippen LogP contribution in [0, 0.1) is 0 Å². The lowest BCUT2D eigenvalue weighted by molar-refractivity contribution is 0.107. The molecule has 0 fully saturated rings. The second-order valence-electron chi connectivity index (χ2n) is 5.62. The van der Waals surface area contributed by atoms with Gasteiger partial charge in [0.2, 0.25) is 0 Å². The molecule has 0 heterocycles. The maximum atomic E-state index is 9.79. The van der Waals surface area contributed by atoms with Gasteiger partial charge in [0.05, 0.1) is 13.2 Å². The van der Waals surface area contributed by atoms with E-state index in [-0.39, 0.29) is 13.2 Å². The monoisotopic (exact) mass is 342 g/mol. The molecule has 0 aliphatic heterocycles. The third kappa shape index (κ3) is 5.19. The molecule has 0 atom stereocenters. The Kier molecular flexibility index (Phi) is 8.43. The molecular weight excluding hydrogens is 316 g/mol. The van der Waals surface area contributed by atoms with E-state index in [9.17, 15) is 10.2 Å². The summed E-state index contributed by atoms with van der Waals surface area (Å²) in [4.78, 5) is 0. The molecule has 1 rings (SSSR count). The highest BCUT2D eigenvalue weighted by molar-refractivity contribution is 9.10. The summed E-state index contributed by atoms with van der Waals surface area (Å²) in [7, 11) is 0. The van der Waals surface area contributed by atoms with Crippen molar-refractivity contribution in [3.8, 4) is 0 Å². The van der Waals surface area contributed by atoms with E-state index in [2.05, 4.69) is 22.9 Å². The number of aliphatic hydroxyl groups is 2. The van der Waals surface area contributed by atoms with Crippen molar-refractivity contribution in [1.82, 2.24) is 0 Å². The molecule has 1 aromatic carbocycles. The minimum Gasteiger partial charge on any atom is -0.395 e. The number of benzene rings is 1. The number of unbranched alkanes of at least 4 members (excludes halogenated alkanes) is 5. The van der Waals surface area contributed by atoms with Crippen molar-refractivity contribution in [2.24, 2.45) is 0 Å². The van der Waals surface area contributed by atoms with Crippen LogP contribution in [0.25, 0.3) is 0 Å². The molecule has 0 radical (unpaired) electrons. The van der Waals surface area contributed by atoms with Crippen molar-refractivity contribution >= 4 is 15.9 Å². The van der Waals surface area contributed by atoms with Crippen LogP contribution in [0.15, 0.2) is 28.7 Å². The Balaban J connectivity index is 2.58. The summed E-state index contributed by atoms with van der Waals surface area (Å²) in [6.45, 7) is 2.21. The van der Waals surface area contributed by atoms with Crippen LogP contribution in [-0.2, 0) is 5.41 Å². The second kappa shape index (κ2) is 9.54. The van der Waals surface area contributed by atoms with Gasteiger partial charge in [0.15, 0.2) is 0 Å². The van der Waals surface area contributed by atoms with Crippen LogP contribution in [0.4, 0.5) is 0 Å². The van der Waals surface area contributed by atoms with Gasteiger partial charge in [0.1, 0.15) is 0 Å². The zero-order chi connectivity index (χ0) is 14.8. The van der Waals surface area contributed by atoms with Crippen molar-refractivity contribution in [2.45, 2.75) is 57.3 Å². The first kappa shape index (κ1) is 17.7. The highest BCUT2D eigenvalue weighted by Crippen LogP contribution is 2.31. The average molecular weight is 343 g/mol. The number of hydrogen-bond acceptors (Lipinski definition) is 2. The summed E-state index contributed by atoms with van der Waals surface area (Å²) >= 11 is 3.46. The summed E-state index contributed by atoms with van der Waals surface area (Å²) in [6, 6.07) is 7.92. The van der Waals surface area contributed by atoms with Gasteiger partial charge >= 0.3 is 0 Å². The molecule has 0 saturated heterocycles.